The van der Waals surface area contributed by atoms with Gasteiger partial charge in [-0.1, -0.05) is 6.07 Å². The first-order chi connectivity index (χ1) is 7.16. The molecule has 1 heterocycles. The van der Waals surface area contributed by atoms with Crippen LogP contribution in [0.2, 0.25) is 0 Å². The van der Waals surface area contributed by atoms with Gasteiger partial charge < -0.3 is 10.2 Å². The molecule has 1 fully saturated rings. The summed E-state index contributed by atoms with van der Waals surface area (Å²) in [6.45, 7) is 0. The molecule has 2 aromatic rings. The molecule has 0 radical (unpaired) electrons. The van der Waals surface area contributed by atoms with E-state index in [4.69, 9.17) is 10.2 Å². The number of hydrogen-bond donors (Lipinski definition) is 1. The fourth-order valence-electron chi connectivity index (χ4n) is 1.90. The minimum Gasteiger partial charge on any atom is -0.463 e. The lowest BCUT2D eigenvalue weighted by Crippen LogP contribution is -2.24. The zero-order chi connectivity index (χ0) is 10.5. The fraction of sp³-hybridized carbons (Fsp3) is 0.333. The zero-order valence-electron chi connectivity index (χ0n) is 8.29. The van der Waals surface area contributed by atoms with Crippen molar-refractivity contribution in [2.75, 3.05) is 0 Å². The lowest BCUT2D eigenvalue weighted by atomic mass is 10.0. The maximum absolute atomic E-state index is 6.10. The van der Waals surface area contributed by atoms with Crippen molar-refractivity contribution in [3.63, 3.8) is 0 Å². The zero-order valence-corrected chi connectivity index (χ0v) is 9.88. The van der Waals surface area contributed by atoms with Crippen LogP contribution in [0.5, 0.6) is 0 Å². The van der Waals surface area contributed by atoms with Crippen molar-refractivity contribution in [3.05, 3.63) is 34.5 Å². The highest BCUT2D eigenvalue weighted by Gasteiger charge is 2.37. The monoisotopic (exact) mass is 265 g/mol. The Bertz CT molecular complexity index is 513. The molecule has 15 heavy (non-hydrogen) atoms. The van der Waals surface area contributed by atoms with Crippen LogP contribution in [0.1, 0.15) is 18.4 Å². The minimum absolute atomic E-state index is 0.0733. The van der Waals surface area contributed by atoms with Crippen LogP contribution in [0.4, 0.5) is 0 Å². The SMILES string of the molecule is NC1(Cc2ccc3occ(Br)c3c2)CC1. The van der Waals surface area contributed by atoms with E-state index in [2.05, 4.69) is 28.1 Å². The van der Waals surface area contributed by atoms with E-state index in [1.54, 1.807) is 6.26 Å². The highest BCUT2D eigenvalue weighted by Crippen LogP contribution is 2.36. The van der Waals surface area contributed by atoms with E-state index < -0.39 is 0 Å². The first-order valence-electron chi connectivity index (χ1n) is 5.11. The Balaban J connectivity index is 2.01. The molecule has 2 N–H and O–H groups in total. The summed E-state index contributed by atoms with van der Waals surface area (Å²) in [5.74, 6) is 0. The lowest BCUT2D eigenvalue weighted by molar-refractivity contribution is 0.613. The van der Waals surface area contributed by atoms with Crippen LogP contribution in [0.3, 0.4) is 0 Å². The summed E-state index contributed by atoms with van der Waals surface area (Å²) in [6.07, 6.45) is 5.00. The molecule has 3 rings (SSSR count). The molecule has 0 aliphatic heterocycles. The number of halogens is 1. The third kappa shape index (κ3) is 1.70. The fourth-order valence-corrected chi connectivity index (χ4v) is 2.30. The topological polar surface area (TPSA) is 39.2 Å². The van der Waals surface area contributed by atoms with Crippen molar-refractivity contribution in [2.24, 2.45) is 5.73 Å². The Labute approximate surface area is 96.6 Å². The highest BCUT2D eigenvalue weighted by atomic mass is 79.9. The normalized spacial score (nSPS) is 18.3. The molecule has 78 valence electrons. The molecule has 0 bridgehead atoms. The molecule has 1 aliphatic carbocycles. The summed E-state index contributed by atoms with van der Waals surface area (Å²) >= 11 is 3.47. The van der Waals surface area contributed by atoms with Crippen molar-refractivity contribution < 1.29 is 4.42 Å². The van der Waals surface area contributed by atoms with Crippen molar-refractivity contribution >= 4 is 26.9 Å². The van der Waals surface area contributed by atoms with Crippen LogP contribution < -0.4 is 5.73 Å². The molecule has 2 nitrogen and oxygen atoms in total. The van der Waals surface area contributed by atoms with Gasteiger partial charge in [0.1, 0.15) is 11.8 Å². The maximum atomic E-state index is 6.10. The first kappa shape index (κ1) is 9.43. The minimum atomic E-state index is 0.0733. The Morgan fingerprint density at radius 2 is 2.20 bits per heavy atom. The second-order valence-electron chi connectivity index (χ2n) is 4.45. The van der Waals surface area contributed by atoms with E-state index in [0.717, 1.165) is 34.7 Å². The van der Waals surface area contributed by atoms with Crippen LogP contribution in [0, 0.1) is 0 Å². The average molecular weight is 266 g/mol. The second-order valence-corrected chi connectivity index (χ2v) is 5.31. The van der Waals surface area contributed by atoms with Gasteiger partial charge in [0, 0.05) is 10.9 Å². The number of fused-ring (bicyclic) bond motifs is 1. The summed E-state index contributed by atoms with van der Waals surface area (Å²) in [4.78, 5) is 0. The smallest absolute Gasteiger partial charge is 0.135 e. The molecule has 3 heteroatoms. The van der Waals surface area contributed by atoms with Crippen LogP contribution in [-0.2, 0) is 6.42 Å². The summed E-state index contributed by atoms with van der Waals surface area (Å²) in [5.41, 5.74) is 8.39. The van der Waals surface area contributed by atoms with Gasteiger partial charge in [0.15, 0.2) is 0 Å². The molecular formula is C12H12BrNO. The van der Waals surface area contributed by atoms with Crippen molar-refractivity contribution in [1.82, 2.24) is 0 Å². The third-order valence-corrected chi connectivity index (χ3v) is 3.65. The number of rotatable bonds is 2. The predicted molar refractivity (Wildman–Crippen MR) is 63.8 cm³/mol. The van der Waals surface area contributed by atoms with Gasteiger partial charge in [-0.15, -0.1) is 0 Å². The Morgan fingerprint density at radius 1 is 1.40 bits per heavy atom. The number of hydrogen-bond acceptors (Lipinski definition) is 2. The number of nitrogens with two attached hydrogens (primary N) is 1. The Hall–Kier alpha value is -0.800. The van der Waals surface area contributed by atoms with E-state index in [1.807, 2.05) is 6.07 Å². The molecule has 0 unspecified atom stereocenters. The van der Waals surface area contributed by atoms with Gasteiger partial charge in [0.05, 0.1) is 4.47 Å². The van der Waals surface area contributed by atoms with Gasteiger partial charge >= 0.3 is 0 Å². The number of benzene rings is 1. The molecule has 1 aromatic carbocycles. The molecule has 1 aromatic heterocycles. The first-order valence-corrected chi connectivity index (χ1v) is 5.90. The standard InChI is InChI=1S/C12H12BrNO/c13-10-7-15-11-2-1-8(5-9(10)11)6-12(14)3-4-12/h1-2,5,7H,3-4,6,14H2. The Morgan fingerprint density at radius 3 is 2.93 bits per heavy atom. The summed E-state index contributed by atoms with van der Waals surface area (Å²) in [6, 6.07) is 6.28. The summed E-state index contributed by atoms with van der Waals surface area (Å²) in [5, 5.41) is 1.14. The molecule has 0 saturated heterocycles. The van der Waals surface area contributed by atoms with E-state index in [-0.39, 0.29) is 5.54 Å². The van der Waals surface area contributed by atoms with Gasteiger partial charge in [-0.2, -0.15) is 0 Å². The largest absolute Gasteiger partial charge is 0.463 e. The second kappa shape index (κ2) is 3.09. The predicted octanol–water partition coefficient (Wildman–Crippen LogP) is 3.23. The summed E-state index contributed by atoms with van der Waals surface area (Å²) < 4.78 is 6.39. The van der Waals surface area contributed by atoms with Crippen LogP contribution in [0.15, 0.2) is 33.4 Å². The molecule has 0 atom stereocenters. The quantitative estimate of drug-likeness (QED) is 0.906. The van der Waals surface area contributed by atoms with Crippen molar-refractivity contribution in [1.29, 1.82) is 0 Å². The highest BCUT2D eigenvalue weighted by molar-refractivity contribution is 9.10. The Kier molecular flexibility index (Phi) is 1.94. The van der Waals surface area contributed by atoms with E-state index in [9.17, 15) is 0 Å². The van der Waals surface area contributed by atoms with Crippen molar-refractivity contribution in [3.8, 4) is 0 Å². The average Bonchev–Trinajstić information content (AvgIpc) is 2.82. The van der Waals surface area contributed by atoms with Crippen LogP contribution in [-0.4, -0.2) is 5.54 Å². The molecule has 1 saturated carbocycles. The van der Waals surface area contributed by atoms with E-state index in [1.165, 1.54) is 5.56 Å². The lowest BCUT2D eigenvalue weighted by Gasteiger charge is -2.07. The van der Waals surface area contributed by atoms with Gasteiger partial charge in [0.2, 0.25) is 0 Å². The number of furan rings is 1. The van der Waals surface area contributed by atoms with E-state index in [0.29, 0.717) is 0 Å². The molecular weight excluding hydrogens is 254 g/mol. The van der Waals surface area contributed by atoms with Crippen LogP contribution >= 0.6 is 15.9 Å². The van der Waals surface area contributed by atoms with Crippen LogP contribution in [0.25, 0.3) is 11.0 Å². The molecule has 0 spiro atoms. The van der Waals surface area contributed by atoms with Gasteiger partial charge in [-0.3, -0.25) is 0 Å². The third-order valence-electron chi connectivity index (χ3n) is 3.04. The summed E-state index contributed by atoms with van der Waals surface area (Å²) in [7, 11) is 0. The van der Waals surface area contributed by atoms with Gasteiger partial charge in [-0.05, 0) is 52.9 Å². The van der Waals surface area contributed by atoms with Gasteiger partial charge in [-0.25, -0.2) is 0 Å². The van der Waals surface area contributed by atoms with Crippen molar-refractivity contribution in [2.45, 2.75) is 24.8 Å². The van der Waals surface area contributed by atoms with E-state index >= 15 is 0 Å². The van der Waals surface area contributed by atoms with Gasteiger partial charge in [0.25, 0.3) is 0 Å². The maximum Gasteiger partial charge on any atom is 0.135 e. The molecule has 0 amide bonds. The molecule has 1 aliphatic rings.